The van der Waals surface area contributed by atoms with E-state index in [1.807, 2.05) is 0 Å². The summed E-state index contributed by atoms with van der Waals surface area (Å²) in [5.41, 5.74) is 1.29. The normalized spacial score (nSPS) is 23.5. The number of carboxylic acid groups (broad SMARTS) is 1. The Bertz CT molecular complexity index is 848. The Kier molecular flexibility index (Phi) is 6.93. The molecule has 30 heavy (non-hydrogen) atoms. The predicted molar refractivity (Wildman–Crippen MR) is 121 cm³/mol. The minimum Gasteiger partial charge on any atom is -0.490 e. The van der Waals surface area contributed by atoms with Gasteiger partial charge in [0.1, 0.15) is 5.75 Å². The van der Waals surface area contributed by atoms with Gasteiger partial charge in [-0.15, -0.1) is 0 Å². The molecule has 2 fully saturated rings. The summed E-state index contributed by atoms with van der Waals surface area (Å²) >= 11 is 0. The Morgan fingerprint density at radius 2 is 1.70 bits per heavy atom. The van der Waals surface area contributed by atoms with Gasteiger partial charge in [0, 0.05) is 6.54 Å². The molecule has 4 rings (SSSR count). The number of benzene rings is 2. The molecule has 2 aromatic rings. The van der Waals surface area contributed by atoms with Crippen LogP contribution in [0.3, 0.4) is 0 Å². The van der Waals surface area contributed by atoms with Gasteiger partial charge in [-0.3, -0.25) is 9.69 Å². The molecule has 0 unspecified atom stereocenters. The molecule has 2 aromatic carbocycles. The highest BCUT2D eigenvalue weighted by molar-refractivity contribution is 5.84. The fraction of sp³-hybridized carbons (Fsp3) is 0.577. The Labute approximate surface area is 180 Å². The molecule has 1 aliphatic heterocycles. The van der Waals surface area contributed by atoms with Crippen molar-refractivity contribution in [1.29, 1.82) is 0 Å². The zero-order chi connectivity index (χ0) is 20.9. The minimum atomic E-state index is -0.646. The van der Waals surface area contributed by atoms with Crippen molar-refractivity contribution in [2.24, 2.45) is 11.8 Å². The Balaban J connectivity index is 1.33. The first-order valence-corrected chi connectivity index (χ1v) is 11.7. The molecule has 0 bridgehead atoms. The first-order chi connectivity index (χ1) is 14.6. The molecule has 162 valence electrons. The third kappa shape index (κ3) is 5.34. The maximum absolute atomic E-state index is 11.1. The molecule has 4 nitrogen and oxygen atoms in total. The van der Waals surface area contributed by atoms with E-state index in [4.69, 9.17) is 9.84 Å². The maximum Gasteiger partial charge on any atom is 0.306 e. The van der Waals surface area contributed by atoms with Gasteiger partial charge < -0.3 is 9.84 Å². The van der Waals surface area contributed by atoms with Gasteiger partial charge in [-0.1, -0.05) is 38.0 Å². The summed E-state index contributed by atoms with van der Waals surface area (Å²) in [5.74, 6) is 1.08. The summed E-state index contributed by atoms with van der Waals surface area (Å²) in [5, 5.41) is 11.6. The van der Waals surface area contributed by atoms with Gasteiger partial charge in [-0.2, -0.15) is 0 Å². The second kappa shape index (κ2) is 9.82. The highest BCUT2D eigenvalue weighted by Gasteiger charge is 2.24. The summed E-state index contributed by atoms with van der Waals surface area (Å²) in [6.07, 6.45) is 9.50. The standard InChI is InChI=1S/C26H35NO3/c1-2-3-19-5-9-24(10-6-19)30-25-11-8-22-16-20(4-7-23(22)17-25)18-27-14-12-21(13-15-27)26(28)29/h4,7-8,11,16-17,19,21,24H,2-3,5-6,9-10,12-15,18H2,1H3,(H,28,29). The second-order valence-electron chi connectivity index (χ2n) is 9.28. The minimum absolute atomic E-state index is 0.169. The van der Waals surface area contributed by atoms with Crippen LogP contribution in [0, 0.1) is 11.8 Å². The van der Waals surface area contributed by atoms with Crippen LogP contribution >= 0.6 is 0 Å². The van der Waals surface area contributed by atoms with E-state index in [0.717, 1.165) is 44.1 Å². The number of aliphatic carboxylic acids is 1. The lowest BCUT2D eigenvalue weighted by Gasteiger charge is -2.30. The summed E-state index contributed by atoms with van der Waals surface area (Å²) in [7, 11) is 0. The number of piperidine rings is 1. The second-order valence-corrected chi connectivity index (χ2v) is 9.28. The zero-order valence-electron chi connectivity index (χ0n) is 18.2. The van der Waals surface area contributed by atoms with Crippen LogP contribution in [-0.4, -0.2) is 35.2 Å². The number of carboxylic acids is 1. The number of ether oxygens (including phenoxy) is 1. The van der Waals surface area contributed by atoms with Gasteiger partial charge in [0.05, 0.1) is 12.0 Å². The molecule has 1 saturated carbocycles. The molecule has 1 saturated heterocycles. The lowest BCUT2D eigenvalue weighted by atomic mass is 9.85. The van der Waals surface area contributed by atoms with E-state index in [-0.39, 0.29) is 5.92 Å². The Morgan fingerprint density at radius 3 is 2.40 bits per heavy atom. The quantitative estimate of drug-likeness (QED) is 0.621. The monoisotopic (exact) mass is 409 g/mol. The Hall–Kier alpha value is -2.07. The third-order valence-electron chi connectivity index (χ3n) is 7.01. The molecule has 0 radical (unpaired) electrons. The number of likely N-dealkylation sites (tertiary alicyclic amines) is 1. The van der Waals surface area contributed by atoms with E-state index < -0.39 is 5.97 Å². The first kappa shape index (κ1) is 21.2. The molecule has 0 aromatic heterocycles. The molecule has 0 amide bonds. The van der Waals surface area contributed by atoms with Crippen LogP contribution in [0.25, 0.3) is 10.8 Å². The van der Waals surface area contributed by atoms with E-state index in [1.54, 1.807) is 0 Å². The van der Waals surface area contributed by atoms with Crippen LogP contribution in [0.2, 0.25) is 0 Å². The third-order valence-corrected chi connectivity index (χ3v) is 7.01. The fourth-order valence-electron chi connectivity index (χ4n) is 5.18. The summed E-state index contributed by atoms with van der Waals surface area (Å²) in [6.45, 7) is 4.90. The number of carbonyl (C=O) groups is 1. The van der Waals surface area contributed by atoms with Crippen molar-refractivity contribution in [3.8, 4) is 5.75 Å². The van der Waals surface area contributed by atoms with Crippen molar-refractivity contribution in [2.75, 3.05) is 13.1 Å². The molecule has 1 N–H and O–H groups in total. The lowest BCUT2D eigenvalue weighted by Crippen LogP contribution is -2.35. The summed E-state index contributed by atoms with van der Waals surface area (Å²) in [6, 6.07) is 13.1. The van der Waals surface area contributed by atoms with Crippen molar-refractivity contribution in [3.05, 3.63) is 42.0 Å². The van der Waals surface area contributed by atoms with E-state index >= 15 is 0 Å². The van der Waals surface area contributed by atoms with Gasteiger partial charge in [0.25, 0.3) is 0 Å². The smallest absolute Gasteiger partial charge is 0.306 e. The molecule has 0 spiro atoms. The van der Waals surface area contributed by atoms with Crippen molar-refractivity contribution < 1.29 is 14.6 Å². The highest BCUT2D eigenvalue weighted by atomic mass is 16.5. The molecule has 1 heterocycles. The van der Waals surface area contributed by atoms with Crippen LogP contribution in [-0.2, 0) is 11.3 Å². The number of hydrogen-bond acceptors (Lipinski definition) is 3. The average Bonchev–Trinajstić information content (AvgIpc) is 2.76. The molecular formula is C26H35NO3. The van der Waals surface area contributed by atoms with Gasteiger partial charge in [0.2, 0.25) is 0 Å². The van der Waals surface area contributed by atoms with Crippen molar-refractivity contribution in [2.45, 2.75) is 70.9 Å². The van der Waals surface area contributed by atoms with Gasteiger partial charge in [-0.05, 0) is 92.1 Å². The van der Waals surface area contributed by atoms with Gasteiger partial charge in [0.15, 0.2) is 0 Å². The van der Waals surface area contributed by atoms with Crippen LogP contribution in [0.4, 0.5) is 0 Å². The van der Waals surface area contributed by atoms with Crippen molar-refractivity contribution in [1.82, 2.24) is 4.90 Å². The molecular weight excluding hydrogens is 374 g/mol. The van der Waals surface area contributed by atoms with Gasteiger partial charge in [-0.25, -0.2) is 0 Å². The van der Waals surface area contributed by atoms with Crippen LogP contribution < -0.4 is 4.74 Å². The molecule has 0 atom stereocenters. The van der Waals surface area contributed by atoms with Crippen LogP contribution in [0.5, 0.6) is 5.75 Å². The van der Waals surface area contributed by atoms with E-state index in [9.17, 15) is 4.79 Å². The molecule has 2 aliphatic rings. The summed E-state index contributed by atoms with van der Waals surface area (Å²) in [4.78, 5) is 13.5. The van der Waals surface area contributed by atoms with Crippen molar-refractivity contribution >= 4 is 16.7 Å². The number of rotatable bonds is 7. The maximum atomic E-state index is 11.1. The fourth-order valence-corrected chi connectivity index (χ4v) is 5.18. The predicted octanol–water partition coefficient (Wildman–Crippen LogP) is 5.87. The first-order valence-electron chi connectivity index (χ1n) is 11.7. The van der Waals surface area contributed by atoms with E-state index in [2.05, 4.69) is 48.2 Å². The Morgan fingerprint density at radius 1 is 1.00 bits per heavy atom. The highest BCUT2D eigenvalue weighted by Crippen LogP contribution is 2.31. The number of fused-ring (bicyclic) bond motifs is 1. The summed E-state index contributed by atoms with van der Waals surface area (Å²) < 4.78 is 6.31. The molecule has 1 aliphatic carbocycles. The number of nitrogens with zero attached hydrogens (tertiary/aromatic N) is 1. The number of hydrogen-bond donors (Lipinski definition) is 1. The SMILES string of the molecule is CCCC1CCC(Oc2ccc3cc(CN4CCC(C(=O)O)CC4)ccc3c2)CC1. The van der Waals surface area contributed by atoms with E-state index in [1.165, 1.54) is 54.9 Å². The van der Waals surface area contributed by atoms with Crippen LogP contribution in [0.1, 0.15) is 63.9 Å². The molecule has 4 heteroatoms. The van der Waals surface area contributed by atoms with Gasteiger partial charge >= 0.3 is 5.97 Å². The topological polar surface area (TPSA) is 49.8 Å². The van der Waals surface area contributed by atoms with Crippen molar-refractivity contribution in [3.63, 3.8) is 0 Å². The lowest BCUT2D eigenvalue weighted by molar-refractivity contribution is -0.143. The van der Waals surface area contributed by atoms with E-state index in [0.29, 0.717) is 6.10 Å². The van der Waals surface area contributed by atoms with Crippen LogP contribution in [0.15, 0.2) is 36.4 Å². The zero-order valence-corrected chi connectivity index (χ0v) is 18.2. The average molecular weight is 410 g/mol. The largest absolute Gasteiger partial charge is 0.490 e.